The lowest BCUT2D eigenvalue weighted by molar-refractivity contribution is 0.615. The van der Waals surface area contributed by atoms with E-state index in [1.165, 1.54) is 0 Å². The van der Waals surface area contributed by atoms with Gasteiger partial charge in [0.1, 0.15) is 0 Å². The Bertz CT molecular complexity index is 462. The van der Waals surface area contributed by atoms with Crippen molar-refractivity contribution in [1.29, 1.82) is 0 Å². The number of terminal acetylenes is 1. The van der Waals surface area contributed by atoms with Crippen LogP contribution in [0.5, 0.6) is 0 Å². The molecule has 0 radical (unpaired) electrons. The Morgan fingerprint density at radius 2 is 2.17 bits per heavy atom. The molecule has 0 aliphatic heterocycles. The number of benzene rings is 1. The number of rotatable bonds is 0. The van der Waals surface area contributed by atoms with Crippen LogP contribution in [-0.4, -0.2) is 0 Å². The van der Waals surface area contributed by atoms with Crippen LogP contribution in [0.1, 0.15) is 5.56 Å². The van der Waals surface area contributed by atoms with Gasteiger partial charge in [-0.25, -0.2) is 0 Å². The molecule has 58 valence electrons. The molecule has 0 aliphatic carbocycles. The molecule has 1 aromatic carbocycles. The summed E-state index contributed by atoms with van der Waals surface area (Å²) in [6.45, 7) is 0. The van der Waals surface area contributed by atoms with Crippen LogP contribution in [0.2, 0.25) is 5.02 Å². The van der Waals surface area contributed by atoms with Crippen LogP contribution in [-0.2, 0) is 0 Å². The van der Waals surface area contributed by atoms with Crippen LogP contribution >= 0.6 is 11.6 Å². The summed E-state index contributed by atoms with van der Waals surface area (Å²) in [5.74, 6) is 2.53. The molecule has 1 heterocycles. The maximum atomic E-state index is 5.90. The summed E-state index contributed by atoms with van der Waals surface area (Å²) >= 11 is 5.90. The first kappa shape index (κ1) is 7.27. The molecule has 0 aliphatic rings. The zero-order chi connectivity index (χ0) is 8.55. The molecule has 0 saturated carbocycles. The SMILES string of the molecule is C#Cc1ccc(Cl)c2ccoc12. The van der Waals surface area contributed by atoms with Gasteiger partial charge in [-0.3, -0.25) is 0 Å². The monoisotopic (exact) mass is 176 g/mol. The van der Waals surface area contributed by atoms with Crippen LogP contribution in [0.4, 0.5) is 0 Å². The Kier molecular flexibility index (Phi) is 1.56. The molecule has 12 heavy (non-hydrogen) atoms. The summed E-state index contributed by atoms with van der Waals surface area (Å²) in [6.07, 6.45) is 6.85. The molecule has 0 bridgehead atoms. The molecule has 2 rings (SSSR count). The third-order valence-corrected chi connectivity index (χ3v) is 2.05. The Morgan fingerprint density at radius 3 is 2.92 bits per heavy atom. The fourth-order valence-corrected chi connectivity index (χ4v) is 1.35. The highest BCUT2D eigenvalue weighted by atomic mass is 35.5. The predicted molar refractivity (Wildman–Crippen MR) is 49.2 cm³/mol. The van der Waals surface area contributed by atoms with Crippen molar-refractivity contribution in [2.75, 3.05) is 0 Å². The summed E-state index contributed by atoms with van der Waals surface area (Å²) < 4.78 is 5.19. The molecule has 2 aromatic rings. The van der Waals surface area contributed by atoms with Crippen molar-refractivity contribution in [3.8, 4) is 12.3 Å². The van der Waals surface area contributed by atoms with E-state index in [4.69, 9.17) is 22.4 Å². The lowest BCUT2D eigenvalue weighted by Gasteiger charge is -1.94. The van der Waals surface area contributed by atoms with E-state index in [0.29, 0.717) is 10.6 Å². The number of furan rings is 1. The largest absolute Gasteiger partial charge is 0.463 e. The van der Waals surface area contributed by atoms with Gasteiger partial charge < -0.3 is 4.42 Å². The molecule has 0 saturated heterocycles. The van der Waals surface area contributed by atoms with Gasteiger partial charge in [-0.05, 0) is 18.2 Å². The number of fused-ring (bicyclic) bond motifs is 1. The molecular formula is C10H5ClO. The van der Waals surface area contributed by atoms with Crippen LogP contribution in [0.3, 0.4) is 0 Å². The number of halogens is 1. The molecule has 0 atom stereocenters. The van der Waals surface area contributed by atoms with E-state index in [1.54, 1.807) is 24.5 Å². The highest BCUT2D eigenvalue weighted by Gasteiger charge is 2.04. The maximum Gasteiger partial charge on any atom is 0.150 e. The van der Waals surface area contributed by atoms with E-state index < -0.39 is 0 Å². The average molecular weight is 177 g/mol. The zero-order valence-electron chi connectivity index (χ0n) is 6.17. The van der Waals surface area contributed by atoms with Gasteiger partial charge in [0.2, 0.25) is 0 Å². The van der Waals surface area contributed by atoms with Gasteiger partial charge in [0.25, 0.3) is 0 Å². The van der Waals surface area contributed by atoms with Crippen molar-refractivity contribution in [3.63, 3.8) is 0 Å². The lowest BCUT2D eigenvalue weighted by Crippen LogP contribution is -1.74. The maximum absolute atomic E-state index is 5.90. The van der Waals surface area contributed by atoms with Crippen LogP contribution in [0, 0.1) is 12.3 Å². The first-order chi connectivity index (χ1) is 5.83. The molecule has 0 spiro atoms. The second kappa shape index (κ2) is 2.58. The fourth-order valence-electron chi connectivity index (χ4n) is 1.14. The molecule has 0 amide bonds. The highest BCUT2D eigenvalue weighted by Crippen LogP contribution is 2.26. The Labute approximate surface area is 74.9 Å². The molecule has 1 aromatic heterocycles. The average Bonchev–Trinajstić information content (AvgIpc) is 2.54. The zero-order valence-corrected chi connectivity index (χ0v) is 6.93. The quantitative estimate of drug-likeness (QED) is 0.563. The van der Waals surface area contributed by atoms with Gasteiger partial charge in [0.15, 0.2) is 5.58 Å². The van der Waals surface area contributed by atoms with E-state index in [1.807, 2.05) is 0 Å². The standard InChI is InChI=1S/C10H5ClO/c1-2-7-3-4-9(11)8-5-6-12-10(7)8/h1,3-6H. The normalized spacial score (nSPS) is 10.0. The molecule has 1 nitrogen and oxygen atoms in total. The molecular weight excluding hydrogens is 172 g/mol. The minimum Gasteiger partial charge on any atom is -0.463 e. The Hall–Kier alpha value is -1.39. The molecule has 0 fully saturated rings. The summed E-state index contributed by atoms with van der Waals surface area (Å²) in [6, 6.07) is 5.35. The van der Waals surface area contributed by atoms with E-state index in [9.17, 15) is 0 Å². The summed E-state index contributed by atoms with van der Waals surface area (Å²) in [7, 11) is 0. The molecule has 2 heteroatoms. The molecule has 0 unspecified atom stereocenters. The summed E-state index contributed by atoms with van der Waals surface area (Å²) in [5, 5.41) is 1.53. The van der Waals surface area contributed by atoms with E-state index >= 15 is 0 Å². The summed E-state index contributed by atoms with van der Waals surface area (Å²) in [5.41, 5.74) is 1.42. The van der Waals surface area contributed by atoms with Crippen molar-refractivity contribution in [2.45, 2.75) is 0 Å². The fraction of sp³-hybridized carbons (Fsp3) is 0. The Balaban J connectivity index is 2.94. The third kappa shape index (κ3) is 0.895. The van der Waals surface area contributed by atoms with Crippen molar-refractivity contribution in [1.82, 2.24) is 0 Å². The van der Waals surface area contributed by atoms with Crippen LogP contribution < -0.4 is 0 Å². The van der Waals surface area contributed by atoms with Crippen molar-refractivity contribution < 1.29 is 4.42 Å². The minimum atomic E-state index is 0.665. The Morgan fingerprint density at radius 1 is 1.33 bits per heavy atom. The number of hydrogen-bond acceptors (Lipinski definition) is 1. The summed E-state index contributed by atoms with van der Waals surface area (Å²) in [4.78, 5) is 0. The highest BCUT2D eigenvalue weighted by molar-refractivity contribution is 6.35. The predicted octanol–water partition coefficient (Wildman–Crippen LogP) is 3.07. The van der Waals surface area contributed by atoms with Crippen LogP contribution in [0.15, 0.2) is 28.9 Å². The van der Waals surface area contributed by atoms with E-state index in [-0.39, 0.29) is 0 Å². The van der Waals surface area contributed by atoms with Crippen LogP contribution in [0.25, 0.3) is 11.0 Å². The van der Waals surface area contributed by atoms with Crippen molar-refractivity contribution in [3.05, 3.63) is 35.0 Å². The van der Waals surface area contributed by atoms with Gasteiger partial charge in [0, 0.05) is 5.39 Å². The smallest absolute Gasteiger partial charge is 0.150 e. The first-order valence-electron chi connectivity index (χ1n) is 3.45. The topological polar surface area (TPSA) is 13.1 Å². The van der Waals surface area contributed by atoms with Gasteiger partial charge in [-0.2, -0.15) is 0 Å². The third-order valence-electron chi connectivity index (χ3n) is 1.72. The minimum absolute atomic E-state index is 0.665. The molecule has 0 N–H and O–H groups in total. The van der Waals surface area contributed by atoms with E-state index in [0.717, 1.165) is 10.9 Å². The van der Waals surface area contributed by atoms with E-state index in [2.05, 4.69) is 5.92 Å². The van der Waals surface area contributed by atoms with Gasteiger partial charge >= 0.3 is 0 Å². The van der Waals surface area contributed by atoms with Crippen molar-refractivity contribution >= 4 is 22.6 Å². The first-order valence-corrected chi connectivity index (χ1v) is 3.83. The van der Waals surface area contributed by atoms with Gasteiger partial charge in [0.05, 0.1) is 16.8 Å². The second-order valence-corrected chi connectivity index (χ2v) is 2.81. The van der Waals surface area contributed by atoms with Gasteiger partial charge in [-0.15, -0.1) is 6.42 Å². The lowest BCUT2D eigenvalue weighted by atomic mass is 10.2. The van der Waals surface area contributed by atoms with Gasteiger partial charge in [-0.1, -0.05) is 17.5 Å². The number of hydrogen-bond donors (Lipinski definition) is 0. The van der Waals surface area contributed by atoms with Crippen molar-refractivity contribution in [2.24, 2.45) is 0 Å². The second-order valence-electron chi connectivity index (χ2n) is 2.40.